The van der Waals surface area contributed by atoms with E-state index in [-0.39, 0.29) is 12.1 Å². The first-order valence-electron chi connectivity index (χ1n) is 9.75. The Labute approximate surface area is 178 Å². The molecule has 0 aliphatic rings. The van der Waals surface area contributed by atoms with E-state index in [9.17, 15) is 9.59 Å². The Morgan fingerprint density at radius 1 is 1.20 bits per heavy atom. The maximum absolute atomic E-state index is 12.6. The first kappa shape index (κ1) is 21.5. The molecule has 0 atom stereocenters. The highest BCUT2D eigenvalue weighted by Crippen LogP contribution is 2.28. The van der Waals surface area contributed by atoms with Crippen LogP contribution in [0.25, 0.3) is 10.2 Å². The van der Waals surface area contributed by atoms with Gasteiger partial charge in [-0.25, -0.2) is 10.4 Å². The first-order chi connectivity index (χ1) is 14.5. The number of carbonyl (C=O) groups excluding carboxylic acids is 1. The van der Waals surface area contributed by atoms with Gasteiger partial charge in [-0.1, -0.05) is 6.92 Å². The van der Waals surface area contributed by atoms with Crippen molar-refractivity contribution in [3.63, 3.8) is 0 Å². The molecule has 3 aromatic rings. The third-order valence-electron chi connectivity index (χ3n) is 4.20. The Hall–Kier alpha value is -3.20. The number of rotatable bonds is 9. The molecule has 3 rings (SSSR count). The van der Waals surface area contributed by atoms with Gasteiger partial charge in [0.1, 0.15) is 11.4 Å². The summed E-state index contributed by atoms with van der Waals surface area (Å²) in [7, 11) is 0. The number of carbonyl (C=O) groups is 1. The number of nitrogens with zero attached hydrogens (tertiary/aromatic N) is 3. The lowest BCUT2D eigenvalue weighted by Crippen LogP contribution is -2.29. The number of hydrogen-bond acceptors (Lipinski definition) is 7. The van der Waals surface area contributed by atoms with Crippen molar-refractivity contribution in [2.45, 2.75) is 33.7 Å². The summed E-state index contributed by atoms with van der Waals surface area (Å²) in [6.07, 6.45) is 3.74. The molecule has 0 unspecified atom stereocenters. The lowest BCUT2D eigenvalue weighted by molar-refractivity contribution is -0.121. The lowest BCUT2D eigenvalue weighted by atomic mass is 10.2. The van der Waals surface area contributed by atoms with Crippen molar-refractivity contribution >= 4 is 33.7 Å². The number of aryl methyl sites for hydroxylation is 1. The van der Waals surface area contributed by atoms with Crippen molar-refractivity contribution in [2.75, 3.05) is 13.2 Å². The van der Waals surface area contributed by atoms with Crippen molar-refractivity contribution in [2.24, 2.45) is 5.10 Å². The van der Waals surface area contributed by atoms with Crippen LogP contribution in [0.2, 0.25) is 0 Å². The van der Waals surface area contributed by atoms with E-state index in [4.69, 9.17) is 9.47 Å². The maximum atomic E-state index is 12.6. The number of hydrogen-bond donors (Lipinski definition) is 1. The highest BCUT2D eigenvalue weighted by atomic mass is 32.1. The second-order valence-corrected chi connectivity index (χ2v) is 7.44. The molecule has 0 aliphatic carbocycles. The Morgan fingerprint density at radius 3 is 2.70 bits per heavy atom. The third-order valence-corrected chi connectivity index (χ3v) is 5.39. The largest absolute Gasteiger partial charge is 0.490 e. The van der Waals surface area contributed by atoms with Crippen LogP contribution in [0, 0.1) is 0 Å². The smallest absolute Gasteiger partial charge is 0.262 e. The minimum Gasteiger partial charge on any atom is -0.490 e. The monoisotopic (exact) mass is 428 g/mol. The molecule has 0 saturated heterocycles. The zero-order chi connectivity index (χ0) is 21.5. The van der Waals surface area contributed by atoms with E-state index in [2.05, 4.69) is 15.5 Å². The molecule has 9 heteroatoms. The van der Waals surface area contributed by atoms with Gasteiger partial charge >= 0.3 is 0 Å². The number of fused-ring (bicyclic) bond motifs is 1. The van der Waals surface area contributed by atoms with E-state index in [1.807, 2.05) is 32.9 Å². The van der Waals surface area contributed by atoms with Crippen LogP contribution in [0.5, 0.6) is 11.5 Å². The van der Waals surface area contributed by atoms with Crippen LogP contribution in [-0.4, -0.2) is 34.9 Å². The molecule has 0 aliphatic heterocycles. The van der Waals surface area contributed by atoms with Crippen LogP contribution in [0.4, 0.5) is 0 Å². The van der Waals surface area contributed by atoms with Crippen LogP contribution in [-0.2, 0) is 17.8 Å². The standard InChI is InChI=1S/C21H24N4O4S/c1-4-15-10-16-20(30-15)22-13-25(21(16)27)12-19(26)24-23-11-14-7-8-17(28-5-2)18(9-14)29-6-3/h7-11,13H,4-6,12H2,1-3H3,(H,24,26). The van der Waals surface area contributed by atoms with Crippen molar-refractivity contribution < 1.29 is 14.3 Å². The summed E-state index contributed by atoms with van der Waals surface area (Å²) in [5.41, 5.74) is 2.95. The SMILES string of the molecule is CCOc1ccc(C=NNC(=O)Cn2cnc3sc(CC)cc3c2=O)cc1OCC. The van der Waals surface area contributed by atoms with Gasteiger partial charge < -0.3 is 9.47 Å². The van der Waals surface area contributed by atoms with E-state index in [0.717, 1.165) is 16.9 Å². The number of ether oxygens (including phenoxy) is 2. The fourth-order valence-electron chi connectivity index (χ4n) is 2.81. The Morgan fingerprint density at radius 2 is 1.97 bits per heavy atom. The highest BCUT2D eigenvalue weighted by molar-refractivity contribution is 7.18. The molecule has 2 aromatic heterocycles. The highest BCUT2D eigenvalue weighted by Gasteiger charge is 2.11. The average molecular weight is 429 g/mol. The molecule has 0 fully saturated rings. The van der Waals surface area contributed by atoms with Gasteiger partial charge in [-0.05, 0) is 50.1 Å². The Bertz CT molecular complexity index is 1120. The fraction of sp³-hybridized carbons (Fsp3) is 0.333. The van der Waals surface area contributed by atoms with Crippen molar-refractivity contribution in [3.05, 3.63) is 51.4 Å². The van der Waals surface area contributed by atoms with Gasteiger partial charge in [0.15, 0.2) is 11.5 Å². The topological polar surface area (TPSA) is 94.8 Å². The summed E-state index contributed by atoms with van der Waals surface area (Å²) in [5, 5.41) is 4.50. The summed E-state index contributed by atoms with van der Waals surface area (Å²) in [6, 6.07) is 7.23. The van der Waals surface area contributed by atoms with Gasteiger partial charge in [-0.2, -0.15) is 5.10 Å². The molecule has 30 heavy (non-hydrogen) atoms. The van der Waals surface area contributed by atoms with E-state index in [1.165, 1.54) is 28.4 Å². The number of nitrogens with one attached hydrogen (secondary N) is 1. The van der Waals surface area contributed by atoms with E-state index < -0.39 is 5.91 Å². The van der Waals surface area contributed by atoms with Crippen LogP contribution in [0.1, 0.15) is 31.2 Å². The van der Waals surface area contributed by atoms with Crippen LogP contribution in [0.15, 0.2) is 40.5 Å². The Kier molecular flexibility index (Phi) is 7.18. The predicted molar refractivity (Wildman–Crippen MR) is 118 cm³/mol. The van der Waals surface area contributed by atoms with Gasteiger partial charge in [0.05, 0.1) is 31.1 Å². The second kappa shape index (κ2) is 10.0. The summed E-state index contributed by atoms with van der Waals surface area (Å²) in [5.74, 6) is 0.849. The number of hydrazone groups is 1. The Balaban J connectivity index is 1.66. The second-order valence-electron chi connectivity index (χ2n) is 6.33. The average Bonchev–Trinajstić information content (AvgIpc) is 3.17. The van der Waals surface area contributed by atoms with Crippen molar-refractivity contribution in [3.8, 4) is 11.5 Å². The summed E-state index contributed by atoms with van der Waals surface area (Å²) >= 11 is 1.49. The summed E-state index contributed by atoms with van der Waals surface area (Å²) < 4.78 is 12.4. The van der Waals surface area contributed by atoms with Crippen LogP contribution in [0.3, 0.4) is 0 Å². The molecular weight excluding hydrogens is 404 g/mol. The zero-order valence-electron chi connectivity index (χ0n) is 17.2. The van der Waals surface area contributed by atoms with E-state index >= 15 is 0 Å². The van der Waals surface area contributed by atoms with Crippen LogP contribution < -0.4 is 20.5 Å². The molecule has 1 N–H and O–H groups in total. The summed E-state index contributed by atoms with van der Waals surface area (Å²) in [4.78, 5) is 30.8. The van der Waals surface area contributed by atoms with Gasteiger partial charge in [-0.15, -0.1) is 11.3 Å². The van der Waals surface area contributed by atoms with Gasteiger partial charge in [0.2, 0.25) is 0 Å². The number of thiophene rings is 1. The minimum absolute atomic E-state index is 0.163. The van der Waals surface area contributed by atoms with E-state index in [1.54, 1.807) is 12.1 Å². The molecular formula is C21H24N4O4S. The first-order valence-corrected chi connectivity index (χ1v) is 10.6. The van der Waals surface area contributed by atoms with Gasteiger partial charge in [0, 0.05) is 4.88 Å². The molecule has 1 amide bonds. The maximum Gasteiger partial charge on any atom is 0.262 e. The number of benzene rings is 1. The number of amides is 1. The van der Waals surface area contributed by atoms with Gasteiger partial charge in [-0.3, -0.25) is 14.2 Å². The van der Waals surface area contributed by atoms with Crippen molar-refractivity contribution in [1.29, 1.82) is 0 Å². The normalized spacial score (nSPS) is 11.2. The molecule has 8 nitrogen and oxygen atoms in total. The van der Waals surface area contributed by atoms with Crippen molar-refractivity contribution in [1.82, 2.24) is 15.0 Å². The molecule has 0 saturated carbocycles. The van der Waals surface area contributed by atoms with Gasteiger partial charge in [0.25, 0.3) is 11.5 Å². The summed E-state index contributed by atoms with van der Waals surface area (Å²) in [6.45, 7) is 6.70. The number of aromatic nitrogens is 2. The third kappa shape index (κ3) is 5.04. The van der Waals surface area contributed by atoms with Crippen LogP contribution >= 0.6 is 11.3 Å². The lowest BCUT2D eigenvalue weighted by Gasteiger charge is -2.11. The fourth-order valence-corrected chi connectivity index (χ4v) is 3.74. The molecule has 0 spiro atoms. The molecule has 1 aromatic carbocycles. The molecule has 2 heterocycles. The molecule has 0 radical (unpaired) electrons. The molecule has 0 bridgehead atoms. The minimum atomic E-state index is -0.420. The zero-order valence-corrected chi connectivity index (χ0v) is 18.0. The molecule has 158 valence electrons. The quantitative estimate of drug-likeness (QED) is 0.418. The van der Waals surface area contributed by atoms with E-state index in [0.29, 0.717) is 34.9 Å². The predicted octanol–water partition coefficient (Wildman–Crippen LogP) is 2.97.